The summed E-state index contributed by atoms with van der Waals surface area (Å²) in [4.78, 5) is 18.2. The molecule has 1 aliphatic rings. The van der Waals surface area contributed by atoms with E-state index in [4.69, 9.17) is 11.6 Å². The van der Waals surface area contributed by atoms with Gasteiger partial charge in [0.05, 0.1) is 5.52 Å². The van der Waals surface area contributed by atoms with Gasteiger partial charge in [0.1, 0.15) is 23.4 Å². The van der Waals surface area contributed by atoms with Gasteiger partial charge in [-0.25, -0.2) is 13.8 Å². The van der Waals surface area contributed by atoms with Crippen LogP contribution in [0.4, 0.5) is 14.7 Å². The molecule has 1 aliphatic heterocycles. The van der Waals surface area contributed by atoms with Crippen LogP contribution in [0.5, 0.6) is 5.75 Å². The van der Waals surface area contributed by atoms with Crippen molar-refractivity contribution in [2.75, 3.05) is 11.4 Å². The van der Waals surface area contributed by atoms with Gasteiger partial charge in [-0.2, -0.15) is 9.97 Å². The molecule has 0 fully saturated rings. The minimum Gasteiger partial charge on any atom is -0.506 e. The smallest absolute Gasteiger partial charge is 0.229 e. The molecule has 4 aromatic rings. The van der Waals surface area contributed by atoms with E-state index in [1.807, 2.05) is 4.90 Å². The average molecular weight is 456 g/mol. The van der Waals surface area contributed by atoms with Crippen molar-refractivity contribution in [3.63, 3.8) is 0 Å². The Morgan fingerprint density at radius 3 is 2.50 bits per heavy atom. The van der Waals surface area contributed by atoms with Gasteiger partial charge < -0.3 is 15.0 Å². The van der Waals surface area contributed by atoms with E-state index in [0.29, 0.717) is 46.8 Å². The number of fused-ring (bicyclic) bond motifs is 3. The Kier molecular flexibility index (Phi) is 4.78. The normalized spacial score (nSPS) is 15.9. The van der Waals surface area contributed by atoms with Crippen molar-refractivity contribution in [3.8, 4) is 5.75 Å². The lowest BCUT2D eigenvalue weighted by Crippen LogP contribution is -2.38. The summed E-state index contributed by atoms with van der Waals surface area (Å²) in [6.45, 7) is 5.50. The summed E-state index contributed by atoms with van der Waals surface area (Å²) in [6.07, 6.45) is 0.575. The van der Waals surface area contributed by atoms with Crippen LogP contribution in [-0.2, 0) is 6.42 Å². The second-order valence-corrected chi connectivity index (χ2v) is 8.48. The van der Waals surface area contributed by atoms with E-state index in [9.17, 15) is 9.50 Å². The topological polar surface area (TPSA) is 77.9 Å². The number of anilines is 1. The van der Waals surface area contributed by atoms with Gasteiger partial charge in [0.15, 0.2) is 11.6 Å². The Hall–Kier alpha value is -3.26. The van der Waals surface area contributed by atoms with Gasteiger partial charge in [-0.05, 0) is 44.4 Å². The lowest BCUT2D eigenvalue weighted by atomic mass is 9.91. The van der Waals surface area contributed by atoms with Crippen molar-refractivity contribution < 1.29 is 13.9 Å². The van der Waals surface area contributed by atoms with E-state index in [-0.39, 0.29) is 16.9 Å². The molecule has 9 heteroatoms. The van der Waals surface area contributed by atoms with Gasteiger partial charge in [0, 0.05) is 34.3 Å². The molecule has 0 spiro atoms. The number of rotatable bonds is 2. The molecule has 6 nitrogen and oxygen atoms in total. The predicted octanol–water partition coefficient (Wildman–Crippen LogP) is 5.07. The third kappa shape index (κ3) is 3.17. The predicted molar refractivity (Wildman–Crippen MR) is 118 cm³/mol. The summed E-state index contributed by atoms with van der Waals surface area (Å²) in [6, 6.07) is 5.62. The number of hydrogen-bond donors (Lipinski definition) is 2. The Balaban J connectivity index is 1.79. The van der Waals surface area contributed by atoms with Crippen molar-refractivity contribution in [1.82, 2.24) is 19.9 Å². The molecule has 0 bridgehead atoms. The SMILES string of the molecule is Cc1nc(C)nc(N2CCc3c([nH]c4c(O)cc(Cl)cc34)C2c2ccc(C)c(F)c2F)n1. The molecule has 1 atom stereocenters. The van der Waals surface area contributed by atoms with Gasteiger partial charge in [-0.1, -0.05) is 23.7 Å². The Bertz CT molecular complexity index is 1370. The van der Waals surface area contributed by atoms with E-state index < -0.39 is 17.7 Å². The molecule has 3 heterocycles. The summed E-state index contributed by atoms with van der Waals surface area (Å²) >= 11 is 6.18. The summed E-state index contributed by atoms with van der Waals surface area (Å²) in [5, 5.41) is 11.6. The van der Waals surface area contributed by atoms with Crippen molar-refractivity contribution in [2.45, 2.75) is 33.2 Å². The standard InChI is InChI=1S/C23H20ClF2N5O/c1-10-4-5-15(19(26)18(10)25)22-21-14(16-8-13(24)9-17(32)20(16)30-21)6-7-31(22)23-28-11(2)27-12(3)29-23/h4-5,8-9,22,30,32H,6-7H2,1-3H3. The van der Waals surface area contributed by atoms with Crippen LogP contribution in [0, 0.1) is 32.4 Å². The van der Waals surface area contributed by atoms with E-state index in [2.05, 4.69) is 19.9 Å². The fourth-order valence-corrected chi connectivity index (χ4v) is 4.69. The molecular formula is C23H20ClF2N5O. The lowest BCUT2D eigenvalue weighted by molar-refractivity contribution is 0.478. The summed E-state index contributed by atoms with van der Waals surface area (Å²) < 4.78 is 29.8. The van der Waals surface area contributed by atoms with E-state index in [1.165, 1.54) is 13.0 Å². The number of benzene rings is 2. The van der Waals surface area contributed by atoms with Crippen LogP contribution < -0.4 is 4.90 Å². The van der Waals surface area contributed by atoms with Crippen LogP contribution in [0.15, 0.2) is 24.3 Å². The Morgan fingerprint density at radius 2 is 1.78 bits per heavy atom. The minimum atomic E-state index is -0.920. The van der Waals surface area contributed by atoms with Crippen molar-refractivity contribution >= 4 is 28.5 Å². The quantitative estimate of drug-likeness (QED) is 0.441. The van der Waals surface area contributed by atoms with E-state index >= 15 is 4.39 Å². The first-order valence-corrected chi connectivity index (χ1v) is 10.6. The van der Waals surface area contributed by atoms with E-state index in [1.54, 1.807) is 32.0 Å². The number of phenols is 1. The average Bonchev–Trinajstić information content (AvgIpc) is 3.10. The highest BCUT2D eigenvalue weighted by Crippen LogP contribution is 2.43. The number of aromatic nitrogens is 4. The number of halogens is 3. The zero-order chi connectivity index (χ0) is 22.7. The molecule has 32 heavy (non-hydrogen) atoms. The van der Waals surface area contributed by atoms with Gasteiger partial charge >= 0.3 is 0 Å². The van der Waals surface area contributed by atoms with Crippen LogP contribution in [-0.4, -0.2) is 31.6 Å². The van der Waals surface area contributed by atoms with Gasteiger partial charge in [0.2, 0.25) is 5.95 Å². The third-order valence-corrected chi connectivity index (χ3v) is 6.10. The molecule has 2 aromatic carbocycles. The molecule has 0 saturated carbocycles. The molecule has 0 aliphatic carbocycles. The lowest BCUT2D eigenvalue weighted by Gasteiger charge is -2.36. The number of aryl methyl sites for hydroxylation is 3. The fourth-order valence-electron chi connectivity index (χ4n) is 4.48. The number of nitrogens with one attached hydrogen (secondary N) is 1. The summed E-state index contributed by atoms with van der Waals surface area (Å²) in [5.74, 6) is -0.361. The highest BCUT2D eigenvalue weighted by Gasteiger charge is 2.36. The van der Waals surface area contributed by atoms with Crippen LogP contribution in [0.2, 0.25) is 5.02 Å². The van der Waals surface area contributed by atoms with Gasteiger partial charge in [-0.15, -0.1) is 0 Å². The van der Waals surface area contributed by atoms with Gasteiger partial charge in [-0.3, -0.25) is 0 Å². The first kappa shape index (κ1) is 20.6. The second kappa shape index (κ2) is 7.41. The summed E-state index contributed by atoms with van der Waals surface area (Å²) in [5.41, 5.74) is 2.41. The first-order valence-electron chi connectivity index (χ1n) is 10.2. The number of hydrogen-bond acceptors (Lipinski definition) is 5. The molecule has 164 valence electrons. The van der Waals surface area contributed by atoms with Gasteiger partial charge in [0.25, 0.3) is 0 Å². The monoisotopic (exact) mass is 455 g/mol. The molecule has 2 N–H and O–H groups in total. The minimum absolute atomic E-state index is 0.00499. The van der Waals surface area contributed by atoms with E-state index in [0.717, 1.165) is 10.9 Å². The Labute approximate surface area is 187 Å². The van der Waals surface area contributed by atoms with Crippen LogP contribution in [0.25, 0.3) is 10.9 Å². The number of aromatic amines is 1. The Morgan fingerprint density at radius 1 is 1.06 bits per heavy atom. The first-order chi connectivity index (χ1) is 15.2. The van der Waals surface area contributed by atoms with Crippen molar-refractivity contribution in [1.29, 1.82) is 0 Å². The number of aromatic hydroxyl groups is 1. The van der Waals surface area contributed by atoms with Crippen LogP contribution in [0.3, 0.4) is 0 Å². The molecule has 0 saturated heterocycles. The van der Waals surface area contributed by atoms with Crippen molar-refractivity contribution in [3.05, 3.63) is 75.0 Å². The summed E-state index contributed by atoms with van der Waals surface area (Å²) in [7, 11) is 0. The molecule has 0 radical (unpaired) electrons. The maximum absolute atomic E-state index is 15.2. The zero-order valence-electron chi connectivity index (χ0n) is 17.7. The zero-order valence-corrected chi connectivity index (χ0v) is 18.4. The number of phenolic OH excluding ortho intramolecular Hbond substituents is 1. The number of H-pyrrole nitrogens is 1. The number of nitrogens with zero attached hydrogens (tertiary/aromatic N) is 4. The van der Waals surface area contributed by atoms with Crippen LogP contribution >= 0.6 is 11.6 Å². The second-order valence-electron chi connectivity index (χ2n) is 8.04. The van der Waals surface area contributed by atoms with Crippen LogP contribution in [0.1, 0.15) is 40.1 Å². The third-order valence-electron chi connectivity index (χ3n) is 5.88. The molecule has 2 aromatic heterocycles. The maximum Gasteiger partial charge on any atom is 0.229 e. The largest absolute Gasteiger partial charge is 0.506 e. The highest BCUT2D eigenvalue weighted by molar-refractivity contribution is 6.31. The highest BCUT2D eigenvalue weighted by atomic mass is 35.5. The molecule has 5 rings (SSSR count). The molecule has 0 amide bonds. The molecule has 1 unspecified atom stereocenters. The maximum atomic E-state index is 15.2. The van der Waals surface area contributed by atoms with Crippen molar-refractivity contribution in [2.24, 2.45) is 0 Å². The molecular weight excluding hydrogens is 436 g/mol. The fraction of sp³-hybridized carbons (Fsp3) is 0.261.